The zero-order valence-corrected chi connectivity index (χ0v) is 14.9. The first kappa shape index (κ1) is 15.8. The number of hydrogen-bond donors (Lipinski definition) is 0. The molecule has 2 aromatic heterocycles. The number of carbonyl (C=O) groups is 1. The second-order valence-corrected chi connectivity index (χ2v) is 6.93. The van der Waals surface area contributed by atoms with Crippen molar-refractivity contribution in [2.75, 3.05) is 5.75 Å². The smallest absolute Gasteiger partial charge is 0.242 e. The van der Waals surface area contributed by atoms with Gasteiger partial charge in [-0.3, -0.25) is 9.36 Å². The van der Waals surface area contributed by atoms with Crippen molar-refractivity contribution in [1.29, 1.82) is 0 Å². The molecule has 4 aromatic rings. The Bertz CT molecular complexity index is 1030. The van der Waals surface area contributed by atoms with Crippen LogP contribution in [0.2, 0.25) is 0 Å². The highest BCUT2D eigenvalue weighted by atomic mass is 32.2. The number of hydrogen-bond acceptors (Lipinski definition) is 4. The Labute approximate surface area is 149 Å². The largest absolute Gasteiger partial charge is 0.279 e. The third-order valence-electron chi connectivity index (χ3n) is 4.12. The first-order chi connectivity index (χ1) is 12.1. The maximum absolute atomic E-state index is 13.0. The van der Waals surface area contributed by atoms with E-state index in [-0.39, 0.29) is 5.91 Å². The number of aryl methyl sites for hydroxylation is 2. The van der Waals surface area contributed by atoms with Crippen molar-refractivity contribution in [3.63, 3.8) is 0 Å². The van der Waals surface area contributed by atoms with E-state index in [1.807, 2.05) is 56.3 Å². The molecule has 25 heavy (non-hydrogen) atoms. The van der Waals surface area contributed by atoms with E-state index >= 15 is 0 Å². The molecule has 0 amide bonds. The van der Waals surface area contributed by atoms with Crippen LogP contribution in [0.5, 0.6) is 0 Å². The number of thioether (sulfide) groups is 1. The van der Waals surface area contributed by atoms with Crippen LogP contribution in [0.3, 0.4) is 0 Å². The lowest BCUT2D eigenvalue weighted by Crippen LogP contribution is -2.13. The van der Waals surface area contributed by atoms with Crippen molar-refractivity contribution in [3.05, 3.63) is 66.0 Å². The summed E-state index contributed by atoms with van der Waals surface area (Å²) < 4.78 is 1.81. The van der Waals surface area contributed by atoms with Crippen molar-refractivity contribution < 1.29 is 4.79 Å². The zero-order chi connectivity index (χ0) is 17.4. The SMILES string of the molecule is Cc1cc(C)nc(SCC(=O)n2c3ccccc3c3ccccc32)n1. The molecule has 0 saturated heterocycles. The molecule has 0 radical (unpaired) electrons. The van der Waals surface area contributed by atoms with Gasteiger partial charge in [0.25, 0.3) is 0 Å². The number of fused-ring (bicyclic) bond motifs is 3. The van der Waals surface area contributed by atoms with Gasteiger partial charge in [0.05, 0.1) is 16.8 Å². The Morgan fingerprint density at radius 3 is 2.00 bits per heavy atom. The third kappa shape index (κ3) is 2.91. The Morgan fingerprint density at radius 2 is 1.44 bits per heavy atom. The van der Waals surface area contributed by atoms with Gasteiger partial charge in [-0.25, -0.2) is 9.97 Å². The molecule has 4 rings (SSSR count). The molecule has 0 spiro atoms. The molecular formula is C20H17N3OS. The lowest BCUT2D eigenvalue weighted by Gasteiger charge is -2.06. The van der Waals surface area contributed by atoms with Crippen molar-refractivity contribution in [1.82, 2.24) is 14.5 Å². The molecular weight excluding hydrogens is 330 g/mol. The lowest BCUT2D eigenvalue weighted by molar-refractivity contribution is 0.0951. The highest BCUT2D eigenvalue weighted by molar-refractivity contribution is 7.99. The molecule has 2 heterocycles. The van der Waals surface area contributed by atoms with E-state index in [9.17, 15) is 4.79 Å². The Balaban J connectivity index is 1.72. The maximum Gasteiger partial charge on any atom is 0.242 e. The van der Waals surface area contributed by atoms with E-state index in [4.69, 9.17) is 0 Å². The molecule has 0 fully saturated rings. The van der Waals surface area contributed by atoms with Crippen LogP contribution >= 0.6 is 11.8 Å². The molecule has 0 saturated carbocycles. The molecule has 0 aliphatic heterocycles. The average molecular weight is 347 g/mol. The molecule has 124 valence electrons. The minimum atomic E-state index is 0.0326. The van der Waals surface area contributed by atoms with Gasteiger partial charge in [0, 0.05) is 22.2 Å². The van der Waals surface area contributed by atoms with Crippen LogP contribution in [0.4, 0.5) is 0 Å². The fourth-order valence-corrected chi connectivity index (χ4v) is 3.94. The van der Waals surface area contributed by atoms with Crippen LogP contribution in [0.15, 0.2) is 59.8 Å². The zero-order valence-electron chi connectivity index (χ0n) is 14.1. The molecule has 4 nitrogen and oxygen atoms in total. The summed E-state index contributed by atoms with van der Waals surface area (Å²) in [7, 11) is 0. The first-order valence-corrected chi connectivity index (χ1v) is 9.08. The molecule has 0 N–H and O–H groups in total. The Kier molecular flexibility index (Phi) is 4.01. The molecule has 0 atom stereocenters. The number of aromatic nitrogens is 3. The lowest BCUT2D eigenvalue weighted by atomic mass is 10.2. The van der Waals surface area contributed by atoms with Crippen LogP contribution in [0, 0.1) is 13.8 Å². The maximum atomic E-state index is 13.0. The molecule has 0 bridgehead atoms. The van der Waals surface area contributed by atoms with Crippen LogP contribution < -0.4 is 0 Å². The quantitative estimate of drug-likeness (QED) is 0.400. The van der Waals surface area contributed by atoms with Crippen LogP contribution in [0.1, 0.15) is 16.2 Å². The summed E-state index contributed by atoms with van der Waals surface area (Å²) in [5.74, 6) is 0.330. The van der Waals surface area contributed by atoms with Crippen LogP contribution in [-0.2, 0) is 0 Å². The molecule has 5 heteroatoms. The minimum Gasteiger partial charge on any atom is -0.279 e. The van der Waals surface area contributed by atoms with Gasteiger partial charge in [-0.1, -0.05) is 48.2 Å². The van der Waals surface area contributed by atoms with Crippen molar-refractivity contribution in [2.24, 2.45) is 0 Å². The van der Waals surface area contributed by atoms with Crippen molar-refractivity contribution in [2.45, 2.75) is 19.0 Å². The Hall–Kier alpha value is -2.66. The number of nitrogens with zero attached hydrogens (tertiary/aromatic N) is 3. The van der Waals surface area contributed by atoms with Crippen LogP contribution in [0.25, 0.3) is 21.8 Å². The van der Waals surface area contributed by atoms with Crippen molar-refractivity contribution >= 4 is 39.5 Å². The second-order valence-electron chi connectivity index (χ2n) is 5.99. The van der Waals surface area contributed by atoms with E-state index in [0.29, 0.717) is 10.9 Å². The minimum absolute atomic E-state index is 0.0326. The summed E-state index contributed by atoms with van der Waals surface area (Å²) in [6.45, 7) is 3.88. The van der Waals surface area contributed by atoms with E-state index in [1.54, 1.807) is 4.57 Å². The van der Waals surface area contributed by atoms with Gasteiger partial charge < -0.3 is 0 Å². The van der Waals surface area contributed by atoms with E-state index in [2.05, 4.69) is 22.1 Å². The number of benzene rings is 2. The average Bonchev–Trinajstić information content (AvgIpc) is 2.93. The normalized spacial score (nSPS) is 11.3. The van der Waals surface area contributed by atoms with Crippen LogP contribution in [-0.4, -0.2) is 26.2 Å². The Morgan fingerprint density at radius 1 is 0.920 bits per heavy atom. The highest BCUT2D eigenvalue weighted by Crippen LogP contribution is 2.29. The predicted molar refractivity (Wildman–Crippen MR) is 102 cm³/mol. The molecule has 0 aliphatic carbocycles. The number of rotatable bonds is 3. The fourth-order valence-electron chi connectivity index (χ4n) is 3.14. The summed E-state index contributed by atoms with van der Waals surface area (Å²) in [6, 6.07) is 18.0. The summed E-state index contributed by atoms with van der Waals surface area (Å²) >= 11 is 1.38. The standard InChI is InChI=1S/C20H17N3OS/c1-13-11-14(2)22-20(21-13)25-12-19(24)23-17-9-5-3-7-15(17)16-8-4-6-10-18(16)23/h3-11H,12H2,1-2H3. The van der Waals surface area contributed by atoms with Crippen molar-refractivity contribution in [3.8, 4) is 0 Å². The fraction of sp³-hybridized carbons (Fsp3) is 0.150. The van der Waals surface area contributed by atoms with Gasteiger partial charge >= 0.3 is 0 Å². The molecule has 2 aromatic carbocycles. The van der Waals surface area contributed by atoms with Gasteiger partial charge in [-0.15, -0.1) is 0 Å². The van der Waals surface area contributed by atoms with Gasteiger partial charge in [0.1, 0.15) is 0 Å². The topological polar surface area (TPSA) is 47.8 Å². The monoisotopic (exact) mass is 347 g/mol. The highest BCUT2D eigenvalue weighted by Gasteiger charge is 2.16. The van der Waals surface area contributed by atoms with E-state index in [0.717, 1.165) is 33.2 Å². The first-order valence-electron chi connectivity index (χ1n) is 8.10. The van der Waals surface area contributed by atoms with Gasteiger partial charge in [-0.05, 0) is 32.0 Å². The van der Waals surface area contributed by atoms with Gasteiger partial charge in [0.15, 0.2) is 5.16 Å². The second kappa shape index (κ2) is 6.33. The summed E-state index contributed by atoms with van der Waals surface area (Å²) in [5.41, 5.74) is 3.71. The van der Waals surface area contributed by atoms with Gasteiger partial charge in [0.2, 0.25) is 5.91 Å². The predicted octanol–water partition coefficient (Wildman–Crippen LogP) is 4.63. The summed E-state index contributed by atoms with van der Waals surface area (Å²) in [5, 5.41) is 2.84. The third-order valence-corrected chi connectivity index (χ3v) is 4.95. The summed E-state index contributed by atoms with van der Waals surface area (Å²) in [6.07, 6.45) is 0. The molecule has 0 aliphatic rings. The number of para-hydroxylation sites is 2. The van der Waals surface area contributed by atoms with E-state index in [1.165, 1.54) is 11.8 Å². The number of carbonyl (C=O) groups excluding carboxylic acids is 1. The van der Waals surface area contributed by atoms with E-state index < -0.39 is 0 Å². The molecule has 0 unspecified atom stereocenters. The van der Waals surface area contributed by atoms with Gasteiger partial charge in [-0.2, -0.15) is 0 Å². The summed E-state index contributed by atoms with van der Waals surface area (Å²) in [4.78, 5) is 21.8.